The lowest BCUT2D eigenvalue weighted by Gasteiger charge is -2.37. The molecule has 4 rings (SSSR count). The Morgan fingerprint density at radius 3 is 2.48 bits per heavy atom. The quantitative estimate of drug-likeness (QED) is 0.512. The SMILES string of the molecule is CCC(=O)c1ccc2ccccc2c1OCC(O)CN1CCN(c2ccc(C)c(C)c2)CC1. The molecule has 1 atom stereocenters. The van der Waals surface area contributed by atoms with E-state index in [1.165, 1.54) is 16.8 Å². The Balaban J connectivity index is 1.35. The van der Waals surface area contributed by atoms with E-state index in [2.05, 4.69) is 41.8 Å². The van der Waals surface area contributed by atoms with Gasteiger partial charge in [-0.05, 0) is 48.6 Å². The second-order valence-electron chi connectivity index (χ2n) is 8.96. The van der Waals surface area contributed by atoms with E-state index >= 15 is 0 Å². The predicted octanol–water partition coefficient (Wildman–Crippen LogP) is 4.61. The largest absolute Gasteiger partial charge is 0.489 e. The number of aliphatic hydroxyl groups excluding tert-OH is 1. The Kier molecular flexibility index (Phi) is 7.31. The molecule has 33 heavy (non-hydrogen) atoms. The number of aliphatic hydroxyl groups is 1. The number of hydrogen-bond donors (Lipinski definition) is 1. The molecular formula is C28H34N2O3. The van der Waals surface area contributed by atoms with Crippen molar-refractivity contribution in [1.29, 1.82) is 0 Å². The van der Waals surface area contributed by atoms with Crippen molar-refractivity contribution in [2.24, 2.45) is 0 Å². The topological polar surface area (TPSA) is 53.0 Å². The van der Waals surface area contributed by atoms with Crippen molar-refractivity contribution in [2.75, 3.05) is 44.2 Å². The molecule has 5 heteroatoms. The van der Waals surface area contributed by atoms with E-state index < -0.39 is 6.10 Å². The van der Waals surface area contributed by atoms with Crippen molar-refractivity contribution in [1.82, 2.24) is 4.90 Å². The molecule has 0 bridgehead atoms. The first-order chi connectivity index (χ1) is 16.0. The summed E-state index contributed by atoms with van der Waals surface area (Å²) in [5.41, 5.74) is 4.49. The van der Waals surface area contributed by atoms with E-state index in [0.717, 1.165) is 37.0 Å². The molecule has 1 N–H and O–H groups in total. The maximum atomic E-state index is 12.5. The van der Waals surface area contributed by atoms with E-state index in [4.69, 9.17) is 4.74 Å². The first-order valence-electron chi connectivity index (χ1n) is 11.9. The number of β-amino-alcohol motifs (C(OH)–C–C–N with tert-alkyl or cyclic N) is 1. The maximum absolute atomic E-state index is 12.5. The van der Waals surface area contributed by atoms with Gasteiger partial charge in [-0.15, -0.1) is 0 Å². The minimum Gasteiger partial charge on any atom is -0.489 e. The minimum absolute atomic E-state index is 0.0488. The molecule has 0 aromatic heterocycles. The average Bonchev–Trinajstić information content (AvgIpc) is 2.84. The summed E-state index contributed by atoms with van der Waals surface area (Å²) in [6, 6.07) is 18.3. The summed E-state index contributed by atoms with van der Waals surface area (Å²) >= 11 is 0. The van der Waals surface area contributed by atoms with Gasteiger partial charge in [0.1, 0.15) is 18.5 Å². The van der Waals surface area contributed by atoms with Crippen LogP contribution in [-0.2, 0) is 0 Å². The highest BCUT2D eigenvalue weighted by atomic mass is 16.5. The Hall–Kier alpha value is -2.89. The lowest BCUT2D eigenvalue weighted by Crippen LogP contribution is -2.49. The monoisotopic (exact) mass is 446 g/mol. The van der Waals surface area contributed by atoms with Crippen LogP contribution in [0.5, 0.6) is 5.75 Å². The Bertz CT molecular complexity index is 1120. The van der Waals surface area contributed by atoms with Crippen molar-refractivity contribution >= 4 is 22.2 Å². The van der Waals surface area contributed by atoms with Gasteiger partial charge in [-0.2, -0.15) is 0 Å². The molecule has 0 aliphatic carbocycles. The standard InChI is InChI=1S/C28H34N2O3/c1-4-27(32)26-12-10-22-7-5-6-8-25(22)28(26)33-19-24(31)18-29-13-15-30(16-14-29)23-11-9-20(2)21(3)17-23/h5-12,17,24,31H,4,13-16,18-19H2,1-3H3. The zero-order valence-corrected chi connectivity index (χ0v) is 19.9. The first-order valence-corrected chi connectivity index (χ1v) is 11.9. The van der Waals surface area contributed by atoms with Crippen LogP contribution in [0.4, 0.5) is 5.69 Å². The number of ketones is 1. The van der Waals surface area contributed by atoms with Crippen molar-refractivity contribution in [3.05, 3.63) is 71.3 Å². The van der Waals surface area contributed by atoms with Crippen LogP contribution in [0, 0.1) is 13.8 Å². The van der Waals surface area contributed by atoms with E-state index in [9.17, 15) is 9.90 Å². The zero-order valence-electron chi connectivity index (χ0n) is 19.9. The van der Waals surface area contributed by atoms with Crippen LogP contribution in [0.15, 0.2) is 54.6 Å². The fourth-order valence-corrected chi connectivity index (χ4v) is 4.45. The van der Waals surface area contributed by atoms with Crippen LogP contribution >= 0.6 is 0 Å². The summed E-state index contributed by atoms with van der Waals surface area (Å²) < 4.78 is 6.08. The van der Waals surface area contributed by atoms with E-state index in [1.807, 2.05) is 43.3 Å². The number of fused-ring (bicyclic) bond motifs is 1. The van der Waals surface area contributed by atoms with Gasteiger partial charge in [-0.1, -0.05) is 43.3 Å². The molecule has 3 aromatic carbocycles. The highest BCUT2D eigenvalue weighted by Crippen LogP contribution is 2.31. The zero-order chi connectivity index (χ0) is 23.4. The fraction of sp³-hybridized carbons (Fsp3) is 0.393. The van der Waals surface area contributed by atoms with Crippen molar-refractivity contribution in [3.63, 3.8) is 0 Å². The molecular weight excluding hydrogens is 412 g/mol. The number of aryl methyl sites for hydroxylation is 2. The first kappa shape index (κ1) is 23.3. The van der Waals surface area contributed by atoms with Crippen LogP contribution in [0.1, 0.15) is 34.8 Å². The Morgan fingerprint density at radius 2 is 1.76 bits per heavy atom. The molecule has 1 aliphatic rings. The third-order valence-electron chi connectivity index (χ3n) is 6.62. The molecule has 1 aliphatic heterocycles. The Labute approximate surface area is 196 Å². The summed E-state index contributed by atoms with van der Waals surface area (Å²) in [5.74, 6) is 0.631. The van der Waals surface area contributed by atoms with Gasteiger partial charge in [-0.25, -0.2) is 0 Å². The number of Topliss-reactive ketones (excluding diaryl/α,β-unsaturated/α-hetero) is 1. The molecule has 1 unspecified atom stereocenters. The van der Waals surface area contributed by atoms with Crippen LogP contribution in [0.25, 0.3) is 10.8 Å². The maximum Gasteiger partial charge on any atom is 0.166 e. The van der Waals surface area contributed by atoms with Gasteiger partial charge in [0.15, 0.2) is 5.78 Å². The number of carbonyl (C=O) groups excluding carboxylic acids is 1. The van der Waals surface area contributed by atoms with Crippen LogP contribution < -0.4 is 9.64 Å². The van der Waals surface area contributed by atoms with E-state index in [0.29, 0.717) is 24.3 Å². The molecule has 0 saturated carbocycles. The number of piperazine rings is 1. The predicted molar refractivity (Wildman–Crippen MR) is 135 cm³/mol. The summed E-state index contributed by atoms with van der Waals surface area (Å²) in [6.07, 6.45) is -0.205. The normalized spacial score (nSPS) is 15.6. The third kappa shape index (κ3) is 5.37. The highest BCUT2D eigenvalue weighted by molar-refractivity contribution is 6.04. The molecule has 1 heterocycles. The molecule has 1 saturated heterocycles. The second kappa shape index (κ2) is 10.4. The van der Waals surface area contributed by atoms with Crippen molar-refractivity contribution in [3.8, 4) is 5.75 Å². The summed E-state index contributed by atoms with van der Waals surface area (Å²) in [7, 11) is 0. The average molecular weight is 447 g/mol. The molecule has 0 amide bonds. The second-order valence-corrected chi connectivity index (χ2v) is 8.96. The van der Waals surface area contributed by atoms with E-state index in [1.54, 1.807) is 0 Å². The van der Waals surface area contributed by atoms with Gasteiger partial charge < -0.3 is 14.7 Å². The summed E-state index contributed by atoms with van der Waals surface area (Å²) in [4.78, 5) is 17.2. The van der Waals surface area contributed by atoms with Gasteiger partial charge in [-0.3, -0.25) is 9.69 Å². The highest BCUT2D eigenvalue weighted by Gasteiger charge is 2.21. The molecule has 0 spiro atoms. The smallest absolute Gasteiger partial charge is 0.166 e. The molecule has 3 aromatic rings. The third-order valence-corrected chi connectivity index (χ3v) is 6.62. The van der Waals surface area contributed by atoms with Crippen molar-refractivity contribution in [2.45, 2.75) is 33.3 Å². The molecule has 5 nitrogen and oxygen atoms in total. The number of benzene rings is 3. The summed E-state index contributed by atoms with van der Waals surface area (Å²) in [5, 5.41) is 12.6. The van der Waals surface area contributed by atoms with Crippen molar-refractivity contribution < 1.29 is 14.6 Å². The molecule has 1 fully saturated rings. The molecule has 174 valence electrons. The van der Waals surface area contributed by atoms with Gasteiger partial charge in [0, 0.05) is 50.2 Å². The fourth-order valence-electron chi connectivity index (χ4n) is 4.45. The van der Waals surface area contributed by atoms with Crippen LogP contribution in [0.2, 0.25) is 0 Å². The van der Waals surface area contributed by atoms with Gasteiger partial charge >= 0.3 is 0 Å². The number of hydrogen-bond acceptors (Lipinski definition) is 5. The van der Waals surface area contributed by atoms with Crippen LogP contribution in [0.3, 0.4) is 0 Å². The number of nitrogens with zero attached hydrogens (tertiary/aromatic N) is 2. The number of rotatable bonds is 8. The lowest BCUT2D eigenvalue weighted by molar-refractivity contribution is 0.0661. The van der Waals surface area contributed by atoms with Gasteiger partial charge in [0.25, 0.3) is 0 Å². The molecule has 0 radical (unpaired) electrons. The lowest BCUT2D eigenvalue weighted by atomic mass is 10.0. The summed E-state index contributed by atoms with van der Waals surface area (Å²) in [6.45, 7) is 10.5. The van der Waals surface area contributed by atoms with Gasteiger partial charge in [0.05, 0.1) is 5.56 Å². The Morgan fingerprint density at radius 1 is 1.00 bits per heavy atom. The minimum atomic E-state index is -0.623. The van der Waals surface area contributed by atoms with Crippen LogP contribution in [-0.4, -0.2) is 61.2 Å². The number of ether oxygens (including phenoxy) is 1. The number of anilines is 1. The van der Waals surface area contributed by atoms with Gasteiger partial charge in [0.2, 0.25) is 0 Å². The number of carbonyl (C=O) groups is 1. The van der Waals surface area contributed by atoms with E-state index in [-0.39, 0.29) is 12.4 Å².